The van der Waals surface area contributed by atoms with Crippen molar-refractivity contribution in [3.8, 4) is 11.5 Å². The number of nitrogens with one attached hydrogen (secondary N) is 2. The normalized spacial score (nSPS) is 11.3. The molecule has 20 heavy (non-hydrogen) atoms. The van der Waals surface area contributed by atoms with Gasteiger partial charge in [0.1, 0.15) is 11.2 Å². The van der Waals surface area contributed by atoms with Crippen LogP contribution in [0.3, 0.4) is 0 Å². The second kappa shape index (κ2) is 4.19. The lowest BCUT2D eigenvalue weighted by molar-refractivity contribution is 0.658. The van der Waals surface area contributed by atoms with Crippen LogP contribution in [0.5, 0.6) is 0 Å². The van der Waals surface area contributed by atoms with E-state index in [1.807, 2.05) is 19.9 Å². The van der Waals surface area contributed by atoms with Crippen LogP contribution in [-0.4, -0.2) is 29.3 Å². The van der Waals surface area contributed by atoms with E-state index in [2.05, 4.69) is 20.1 Å². The van der Waals surface area contributed by atoms with E-state index in [1.54, 1.807) is 11.7 Å². The second-order valence-electron chi connectivity index (χ2n) is 4.59. The quantitative estimate of drug-likeness (QED) is 0.694. The van der Waals surface area contributed by atoms with Crippen LogP contribution in [0, 0.1) is 6.92 Å². The highest BCUT2D eigenvalue weighted by Gasteiger charge is 2.15. The van der Waals surface area contributed by atoms with Gasteiger partial charge in [0.2, 0.25) is 0 Å². The number of imidazole rings is 1. The molecule has 0 aliphatic rings. The van der Waals surface area contributed by atoms with Crippen LogP contribution in [-0.2, 0) is 13.6 Å². The lowest BCUT2D eigenvalue weighted by Gasteiger charge is -1.99. The van der Waals surface area contributed by atoms with Gasteiger partial charge in [-0.3, -0.25) is 19.0 Å². The van der Waals surface area contributed by atoms with Gasteiger partial charge in [0.15, 0.2) is 11.5 Å². The summed E-state index contributed by atoms with van der Waals surface area (Å²) in [7, 11) is 1.56. The highest BCUT2D eigenvalue weighted by atomic mass is 16.2. The van der Waals surface area contributed by atoms with E-state index in [9.17, 15) is 9.59 Å². The van der Waals surface area contributed by atoms with Crippen LogP contribution < -0.4 is 11.2 Å². The van der Waals surface area contributed by atoms with Gasteiger partial charge in [-0.15, -0.1) is 0 Å². The van der Waals surface area contributed by atoms with E-state index in [-0.39, 0.29) is 5.52 Å². The summed E-state index contributed by atoms with van der Waals surface area (Å²) in [6.45, 7) is 4.55. The summed E-state index contributed by atoms with van der Waals surface area (Å²) in [6, 6.07) is 1.88. The van der Waals surface area contributed by atoms with Crippen LogP contribution >= 0.6 is 0 Å². The Morgan fingerprint density at radius 1 is 1.30 bits per heavy atom. The molecule has 0 saturated carbocycles. The lowest BCUT2D eigenvalue weighted by atomic mass is 10.3. The molecule has 0 aliphatic carbocycles. The van der Waals surface area contributed by atoms with Gasteiger partial charge < -0.3 is 4.98 Å². The molecule has 0 aromatic carbocycles. The minimum Gasteiger partial charge on any atom is -0.331 e. The SMILES string of the molecule is CCn1nc(C)cc1-c1nc2c([nH]1)c(=O)[nH]c(=O)n2C. The maximum Gasteiger partial charge on any atom is 0.329 e. The Hall–Kier alpha value is -2.64. The Morgan fingerprint density at radius 2 is 2.05 bits per heavy atom. The van der Waals surface area contributed by atoms with Crippen molar-refractivity contribution in [1.29, 1.82) is 0 Å². The monoisotopic (exact) mass is 274 g/mol. The number of rotatable bonds is 2. The average Bonchev–Trinajstić information content (AvgIpc) is 2.99. The van der Waals surface area contributed by atoms with E-state index >= 15 is 0 Å². The number of hydrogen-bond acceptors (Lipinski definition) is 4. The molecule has 8 heteroatoms. The Kier molecular flexibility index (Phi) is 2.60. The molecule has 0 bridgehead atoms. The zero-order valence-corrected chi connectivity index (χ0v) is 11.4. The number of fused-ring (bicyclic) bond motifs is 1. The van der Waals surface area contributed by atoms with E-state index in [1.165, 1.54) is 4.57 Å². The minimum atomic E-state index is -0.485. The van der Waals surface area contributed by atoms with Gasteiger partial charge in [-0.1, -0.05) is 0 Å². The summed E-state index contributed by atoms with van der Waals surface area (Å²) in [5.74, 6) is 0.522. The molecular formula is C12H14N6O2. The first-order valence-corrected chi connectivity index (χ1v) is 6.25. The third-order valence-corrected chi connectivity index (χ3v) is 3.20. The van der Waals surface area contributed by atoms with E-state index in [4.69, 9.17) is 0 Å². The van der Waals surface area contributed by atoms with Crippen LogP contribution in [0.1, 0.15) is 12.6 Å². The zero-order valence-electron chi connectivity index (χ0n) is 11.4. The minimum absolute atomic E-state index is 0.281. The average molecular weight is 274 g/mol. The van der Waals surface area contributed by atoms with Crippen LogP contribution in [0.25, 0.3) is 22.7 Å². The van der Waals surface area contributed by atoms with Crippen molar-refractivity contribution < 1.29 is 0 Å². The fraction of sp³-hybridized carbons (Fsp3) is 0.333. The predicted octanol–water partition coefficient (Wildman–Crippen LogP) is 0.142. The van der Waals surface area contributed by atoms with Crippen molar-refractivity contribution in [2.45, 2.75) is 20.4 Å². The number of aromatic nitrogens is 6. The van der Waals surface area contributed by atoms with Crippen LogP contribution in [0.2, 0.25) is 0 Å². The summed E-state index contributed by atoms with van der Waals surface area (Å²) in [6.07, 6.45) is 0. The predicted molar refractivity (Wildman–Crippen MR) is 73.6 cm³/mol. The van der Waals surface area contributed by atoms with E-state index in [0.29, 0.717) is 18.0 Å². The van der Waals surface area contributed by atoms with Gasteiger partial charge in [0.05, 0.1) is 5.69 Å². The number of hydrogen-bond donors (Lipinski definition) is 2. The zero-order chi connectivity index (χ0) is 14.4. The molecule has 0 spiro atoms. The fourth-order valence-corrected chi connectivity index (χ4v) is 2.20. The van der Waals surface area contributed by atoms with Crippen molar-refractivity contribution in [2.24, 2.45) is 7.05 Å². The molecule has 0 unspecified atom stereocenters. The molecule has 3 aromatic heterocycles. The molecule has 104 valence electrons. The van der Waals surface area contributed by atoms with E-state index in [0.717, 1.165) is 11.4 Å². The summed E-state index contributed by atoms with van der Waals surface area (Å²) in [5, 5.41) is 4.34. The summed E-state index contributed by atoms with van der Waals surface area (Å²) >= 11 is 0. The lowest BCUT2D eigenvalue weighted by Crippen LogP contribution is -2.28. The van der Waals surface area contributed by atoms with Crippen molar-refractivity contribution in [2.75, 3.05) is 0 Å². The van der Waals surface area contributed by atoms with Gasteiger partial charge >= 0.3 is 5.69 Å². The largest absolute Gasteiger partial charge is 0.331 e. The first-order valence-electron chi connectivity index (χ1n) is 6.25. The molecule has 0 amide bonds. The highest BCUT2D eigenvalue weighted by Crippen LogP contribution is 2.19. The van der Waals surface area contributed by atoms with Gasteiger partial charge in [-0.25, -0.2) is 9.78 Å². The standard InChI is InChI=1S/C12H14N6O2/c1-4-18-7(5-6(2)16-18)9-13-8-10(14-9)17(3)12(20)15-11(8)19/h5H,4H2,1-3H3,(H,13,14)(H,15,19,20). The third kappa shape index (κ3) is 1.68. The molecule has 0 radical (unpaired) electrons. The first-order chi connectivity index (χ1) is 9.51. The first kappa shape index (κ1) is 12.4. The number of aromatic amines is 2. The van der Waals surface area contributed by atoms with Crippen LogP contribution in [0.4, 0.5) is 0 Å². The molecule has 8 nitrogen and oxygen atoms in total. The van der Waals surface area contributed by atoms with Gasteiger partial charge in [-0.05, 0) is 19.9 Å². The number of H-pyrrole nitrogens is 2. The molecule has 3 aromatic rings. The smallest absolute Gasteiger partial charge is 0.329 e. The molecular weight excluding hydrogens is 260 g/mol. The molecule has 2 N–H and O–H groups in total. The summed E-state index contributed by atoms with van der Waals surface area (Å²) < 4.78 is 3.09. The Morgan fingerprint density at radius 3 is 2.75 bits per heavy atom. The Bertz CT molecular complexity index is 910. The van der Waals surface area contributed by atoms with Crippen molar-refractivity contribution in [1.82, 2.24) is 29.3 Å². The van der Waals surface area contributed by atoms with Gasteiger partial charge in [0, 0.05) is 13.6 Å². The highest BCUT2D eigenvalue weighted by molar-refractivity contribution is 5.74. The topological polar surface area (TPSA) is 101 Å². The second-order valence-corrected chi connectivity index (χ2v) is 4.59. The number of aryl methyl sites for hydroxylation is 3. The molecule has 0 aliphatic heterocycles. The molecule has 3 rings (SSSR count). The maximum absolute atomic E-state index is 11.8. The summed E-state index contributed by atoms with van der Waals surface area (Å²) in [5.41, 5.74) is 1.30. The Balaban J connectivity index is 2.34. The molecule has 0 atom stereocenters. The third-order valence-electron chi connectivity index (χ3n) is 3.20. The molecule has 0 fully saturated rings. The van der Waals surface area contributed by atoms with Gasteiger partial charge in [0.25, 0.3) is 5.56 Å². The van der Waals surface area contributed by atoms with Crippen LogP contribution in [0.15, 0.2) is 15.7 Å². The van der Waals surface area contributed by atoms with Crippen molar-refractivity contribution in [3.63, 3.8) is 0 Å². The van der Waals surface area contributed by atoms with E-state index < -0.39 is 11.2 Å². The van der Waals surface area contributed by atoms with Crippen molar-refractivity contribution in [3.05, 3.63) is 32.6 Å². The van der Waals surface area contributed by atoms with Crippen molar-refractivity contribution >= 4 is 11.2 Å². The van der Waals surface area contributed by atoms with Gasteiger partial charge in [-0.2, -0.15) is 5.10 Å². The molecule has 3 heterocycles. The summed E-state index contributed by atoms with van der Waals surface area (Å²) in [4.78, 5) is 32.9. The maximum atomic E-state index is 11.8. The molecule has 0 saturated heterocycles. The number of nitrogens with zero attached hydrogens (tertiary/aromatic N) is 4. The Labute approximate surface area is 113 Å². The fourth-order valence-electron chi connectivity index (χ4n) is 2.20.